The zero-order valence-corrected chi connectivity index (χ0v) is 10.3. The molecule has 0 aliphatic carbocycles. The molecule has 0 saturated carbocycles. The Kier molecular flexibility index (Phi) is 3.26. The first kappa shape index (κ1) is 11.8. The minimum absolute atomic E-state index is 0.000907. The van der Waals surface area contributed by atoms with E-state index in [9.17, 15) is 4.79 Å². The van der Waals surface area contributed by atoms with Crippen LogP contribution < -0.4 is 5.73 Å². The highest BCUT2D eigenvalue weighted by atomic mass is 79.9. The van der Waals surface area contributed by atoms with Gasteiger partial charge in [0.2, 0.25) is 5.89 Å². The fourth-order valence-corrected chi connectivity index (χ4v) is 1.86. The zero-order chi connectivity index (χ0) is 12.4. The predicted molar refractivity (Wildman–Crippen MR) is 64.5 cm³/mol. The Morgan fingerprint density at radius 3 is 2.71 bits per heavy atom. The Bertz CT molecular complexity index is 566. The molecular formula is C11H9BrN2O3. The number of carboxylic acid groups (broad SMARTS) is 1. The molecule has 0 aliphatic rings. The Balaban J connectivity index is 2.54. The van der Waals surface area contributed by atoms with Gasteiger partial charge in [0.25, 0.3) is 0 Å². The van der Waals surface area contributed by atoms with Crippen molar-refractivity contribution in [3.05, 3.63) is 40.2 Å². The van der Waals surface area contributed by atoms with E-state index in [4.69, 9.17) is 15.3 Å². The Morgan fingerprint density at radius 1 is 1.47 bits per heavy atom. The normalized spacial score (nSPS) is 10.5. The maximum atomic E-state index is 10.9. The molecule has 0 bridgehead atoms. The summed E-state index contributed by atoms with van der Waals surface area (Å²) < 4.78 is 6.12. The molecule has 1 heterocycles. The van der Waals surface area contributed by atoms with Gasteiger partial charge in [0, 0.05) is 4.47 Å². The van der Waals surface area contributed by atoms with Gasteiger partial charge in [-0.05, 0) is 28.1 Å². The van der Waals surface area contributed by atoms with Crippen molar-refractivity contribution in [2.75, 3.05) is 0 Å². The Morgan fingerprint density at radius 2 is 2.18 bits per heavy atom. The molecule has 0 aliphatic heterocycles. The van der Waals surface area contributed by atoms with Gasteiger partial charge in [-0.2, -0.15) is 0 Å². The van der Waals surface area contributed by atoms with Gasteiger partial charge in [-0.1, -0.05) is 12.1 Å². The number of carboxylic acids is 1. The predicted octanol–water partition coefficient (Wildman–Crippen LogP) is 2.26. The van der Waals surface area contributed by atoms with Crippen molar-refractivity contribution in [3.8, 4) is 11.5 Å². The molecule has 17 heavy (non-hydrogen) atoms. The first-order valence-electron chi connectivity index (χ1n) is 4.81. The number of aromatic carboxylic acids is 1. The molecule has 0 unspecified atom stereocenters. The summed E-state index contributed by atoms with van der Waals surface area (Å²) in [6.45, 7) is -0.000907. The van der Waals surface area contributed by atoms with Crippen LogP contribution >= 0.6 is 15.9 Å². The van der Waals surface area contributed by atoms with E-state index >= 15 is 0 Å². The number of hydrogen-bond donors (Lipinski definition) is 2. The number of oxazole rings is 1. The van der Waals surface area contributed by atoms with Crippen LogP contribution in [0.15, 0.2) is 33.2 Å². The van der Waals surface area contributed by atoms with Gasteiger partial charge < -0.3 is 15.3 Å². The van der Waals surface area contributed by atoms with Crippen molar-refractivity contribution >= 4 is 21.9 Å². The summed E-state index contributed by atoms with van der Waals surface area (Å²) in [5, 5.41) is 8.94. The lowest BCUT2D eigenvalue weighted by atomic mass is 10.2. The van der Waals surface area contributed by atoms with Crippen LogP contribution in [0.3, 0.4) is 0 Å². The molecule has 2 aromatic rings. The average Bonchev–Trinajstić information content (AvgIpc) is 2.73. The van der Waals surface area contributed by atoms with Gasteiger partial charge in [-0.3, -0.25) is 0 Å². The summed E-state index contributed by atoms with van der Waals surface area (Å²) >= 11 is 3.35. The topological polar surface area (TPSA) is 89.4 Å². The molecule has 0 saturated heterocycles. The fraction of sp³-hybridized carbons (Fsp3) is 0.0909. The third kappa shape index (κ3) is 2.22. The number of nitrogens with two attached hydrogens (primary N) is 1. The summed E-state index contributed by atoms with van der Waals surface area (Å²) in [4.78, 5) is 14.9. The molecule has 3 N–H and O–H groups in total. The van der Waals surface area contributed by atoms with Gasteiger partial charge in [-0.15, -0.1) is 0 Å². The van der Waals surface area contributed by atoms with Crippen LogP contribution in [0.5, 0.6) is 0 Å². The minimum Gasteiger partial charge on any atom is -0.476 e. The zero-order valence-electron chi connectivity index (χ0n) is 8.68. The molecule has 1 aromatic heterocycles. The highest BCUT2D eigenvalue weighted by Gasteiger charge is 2.19. The molecule has 0 amide bonds. The van der Waals surface area contributed by atoms with E-state index in [-0.39, 0.29) is 23.9 Å². The van der Waals surface area contributed by atoms with E-state index in [1.807, 2.05) is 18.2 Å². The third-order valence-electron chi connectivity index (χ3n) is 2.19. The largest absolute Gasteiger partial charge is 0.476 e. The van der Waals surface area contributed by atoms with Crippen LogP contribution in [-0.2, 0) is 6.54 Å². The van der Waals surface area contributed by atoms with Crippen molar-refractivity contribution < 1.29 is 14.3 Å². The second-order valence-electron chi connectivity index (χ2n) is 3.28. The second kappa shape index (κ2) is 4.68. The quantitative estimate of drug-likeness (QED) is 0.907. The summed E-state index contributed by atoms with van der Waals surface area (Å²) in [6, 6.07) is 7.26. The van der Waals surface area contributed by atoms with Crippen LogP contribution in [0.1, 0.15) is 16.2 Å². The first-order chi connectivity index (χ1) is 8.13. The highest BCUT2D eigenvalue weighted by Crippen LogP contribution is 2.28. The van der Waals surface area contributed by atoms with E-state index < -0.39 is 5.97 Å². The SMILES string of the molecule is NCc1oc(-c2ccccc2Br)nc1C(=O)O. The lowest BCUT2D eigenvalue weighted by molar-refractivity contribution is 0.0689. The van der Waals surface area contributed by atoms with Gasteiger partial charge >= 0.3 is 5.97 Å². The maximum Gasteiger partial charge on any atom is 0.358 e. The van der Waals surface area contributed by atoms with Crippen molar-refractivity contribution in [1.29, 1.82) is 0 Å². The third-order valence-corrected chi connectivity index (χ3v) is 2.88. The van der Waals surface area contributed by atoms with E-state index in [0.717, 1.165) is 4.47 Å². The second-order valence-corrected chi connectivity index (χ2v) is 4.13. The number of halogens is 1. The van der Waals surface area contributed by atoms with E-state index in [1.54, 1.807) is 6.07 Å². The lowest BCUT2D eigenvalue weighted by Gasteiger charge is -1.97. The van der Waals surface area contributed by atoms with E-state index in [1.165, 1.54) is 0 Å². The van der Waals surface area contributed by atoms with Crippen LogP contribution in [0.2, 0.25) is 0 Å². The minimum atomic E-state index is -1.15. The first-order valence-corrected chi connectivity index (χ1v) is 5.60. The Hall–Kier alpha value is -1.66. The molecule has 88 valence electrons. The van der Waals surface area contributed by atoms with E-state index in [2.05, 4.69) is 20.9 Å². The van der Waals surface area contributed by atoms with Crippen LogP contribution in [0.4, 0.5) is 0 Å². The number of benzene rings is 1. The van der Waals surface area contributed by atoms with Gasteiger partial charge in [-0.25, -0.2) is 9.78 Å². The van der Waals surface area contributed by atoms with Crippen molar-refractivity contribution in [2.45, 2.75) is 6.54 Å². The van der Waals surface area contributed by atoms with Crippen LogP contribution in [0.25, 0.3) is 11.5 Å². The number of hydrogen-bond acceptors (Lipinski definition) is 4. The lowest BCUT2D eigenvalue weighted by Crippen LogP contribution is -2.04. The highest BCUT2D eigenvalue weighted by molar-refractivity contribution is 9.10. The number of rotatable bonds is 3. The van der Waals surface area contributed by atoms with Crippen molar-refractivity contribution in [3.63, 3.8) is 0 Å². The molecule has 0 radical (unpaired) electrons. The molecule has 2 rings (SSSR count). The average molecular weight is 297 g/mol. The Labute approximate surface area is 105 Å². The van der Waals surface area contributed by atoms with E-state index in [0.29, 0.717) is 5.56 Å². The molecule has 0 fully saturated rings. The molecule has 0 spiro atoms. The number of aromatic nitrogens is 1. The maximum absolute atomic E-state index is 10.9. The standard InChI is InChI=1S/C11H9BrN2O3/c12-7-4-2-1-3-6(7)10-14-9(11(15)16)8(5-13)17-10/h1-4H,5,13H2,(H,15,16). The van der Waals surface area contributed by atoms with Gasteiger partial charge in [0.15, 0.2) is 11.5 Å². The summed E-state index contributed by atoms with van der Waals surface area (Å²) in [7, 11) is 0. The molecule has 6 heteroatoms. The van der Waals surface area contributed by atoms with Gasteiger partial charge in [0.05, 0.1) is 12.1 Å². The number of carbonyl (C=O) groups is 1. The monoisotopic (exact) mass is 296 g/mol. The van der Waals surface area contributed by atoms with Gasteiger partial charge in [0.1, 0.15) is 0 Å². The molecule has 1 aromatic carbocycles. The van der Waals surface area contributed by atoms with Crippen LogP contribution in [-0.4, -0.2) is 16.1 Å². The fourth-order valence-electron chi connectivity index (χ4n) is 1.41. The van der Waals surface area contributed by atoms with Crippen molar-refractivity contribution in [2.24, 2.45) is 5.73 Å². The summed E-state index contributed by atoms with van der Waals surface area (Å²) in [6.07, 6.45) is 0. The summed E-state index contributed by atoms with van der Waals surface area (Å²) in [5.74, 6) is -0.730. The molecule has 0 atom stereocenters. The van der Waals surface area contributed by atoms with Crippen LogP contribution in [0, 0.1) is 0 Å². The molecule has 5 nitrogen and oxygen atoms in total. The smallest absolute Gasteiger partial charge is 0.358 e. The van der Waals surface area contributed by atoms with Crippen molar-refractivity contribution in [1.82, 2.24) is 4.98 Å². The summed E-state index contributed by atoms with van der Waals surface area (Å²) in [5.41, 5.74) is 5.96. The molecular weight excluding hydrogens is 288 g/mol. The number of nitrogens with zero attached hydrogens (tertiary/aromatic N) is 1.